The van der Waals surface area contributed by atoms with Gasteiger partial charge in [-0.25, -0.2) is 0 Å². The minimum atomic E-state index is -0.829. The van der Waals surface area contributed by atoms with Crippen LogP contribution in [-0.4, -0.2) is 17.7 Å². The fraction of sp³-hybridized carbons (Fsp3) is 0.235. The Morgan fingerprint density at radius 2 is 2.09 bits per heavy atom. The van der Waals surface area contributed by atoms with Crippen molar-refractivity contribution in [2.75, 3.05) is 6.61 Å². The highest BCUT2D eigenvalue weighted by Crippen LogP contribution is 2.38. The molecule has 0 saturated carbocycles. The average Bonchev–Trinajstić information content (AvgIpc) is 2.88. The number of fused-ring (bicyclic) bond motifs is 1. The van der Waals surface area contributed by atoms with Gasteiger partial charge < -0.3 is 14.6 Å². The van der Waals surface area contributed by atoms with E-state index in [1.54, 1.807) is 18.2 Å². The van der Waals surface area contributed by atoms with Crippen molar-refractivity contribution in [2.45, 2.75) is 18.9 Å². The SMILES string of the molecule is O=C(O)CC1COc2cc(OCc3ccc(Cl)cc3Cl)ccc21. The van der Waals surface area contributed by atoms with Crippen molar-refractivity contribution in [3.8, 4) is 11.5 Å². The molecule has 0 saturated heterocycles. The van der Waals surface area contributed by atoms with Crippen molar-refractivity contribution in [1.29, 1.82) is 0 Å². The summed E-state index contributed by atoms with van der Waals surface area (Å²) in [6.07, 6.45) is 0.0631. The average molecular weight is 353 g/mol. The zero-order chi connectivity index (χ0) is 16.4. The molecular weight excluding hydrogens is 339 g/mol. The molecule has 0 spiro atoms. The maximum atomic E-state index is 10.8. The summed E-state index contributed by atoms with van der Waals surface area (Å²) in [6.45, 7) is 0.696. The van der Waals surface area contributed by atoms with E-state index < -0.39 is 5.97 Å². The molecule has 2 aromatic carbocycles. The highest BCUT2D eigenvalue weighted by Gasteiger charge is 2.26. The number of halogens is 2. The smallest absolute Gasteiger partial charge is 0.304 e. The highest BCUT2D eigenvalue weighted by atomic mass is 35.5. The number of rotatable bonds is 5. The van der Waals surface area contributed by atoms with Crippen molar-refractivity contribution in [1.82, 2.24) is 0 Å². The van der Waals surface area contributed by atoms with Crippen LogP contribution in [0.2, 0.25) is 10.0 Å². The van der Waals surface area contributed by atoms with E-state index in [9.17, 15) is 4.79 Å². The summed E-state index contributed by atoms with van der Waals surface area (Å²) in [6, 6.07) is 10.7. The molecule has 0 amide bonds. The van der Waals surface area contributed by atoms with Crippen LogP contribution >= 0.6 is 23.2 Å². The number of carbonyl (C=O) groups is 1. The lowest BCUT2D eigenvalue weighted by atomic mass is 9.98. The molecule has 0 radical (unpaired) electrons. The van der Waals surface area contributed by atoms with Crippen molar-refractivity contribution >= 4 is 29.2 Å². The Balaban J connectivity index is 1.69. The second-order valence-electron chi connectivity index (χ2n) is 5.33. The van der Waals surface area contributed by atoms with Gasteiger partial charge in [-0.15, -0.1) is 0 Å². The summed E-state index contributed by atoms with van der Waals surface area (Å²) in [5.41, 5.74) is 1.74. The Morgan fingerprint density at radius 1 is 1.26 bits per heavy atom. The Kier molecular flexibility index (Phi) is 4.64. The van der Waals surface area contributed by atoms with Gasteiger partial charge in [0.2, 0.25) is 0 Å². The third-order valence-corrected chi connectivity index (χ3v) is 4.28. The molecule has 0 fully saturated rings. The molecule has 120 valence electrons. The minimum Gasteiger partial charge on any atom is -0.492 e. The number of carboxylic acid groups (broad SMARTS) is 1. The van der Waals surface area contributed by atoms with Gasteiger partial charge in [0.25, 0.3) is 0 Å². The van der Waals surface area contributed by atoms with Crippen LogP contribution in [0.25, 0.3) is 0 Å². The molecule has 1 heterocycles. The molecule has 1 atom stereocenters. The van der Waals surface area contributed by atoms with Gasteiger partial charge in [0.15, 0.2) is 0 Å². The molecular formula is C17H14Cl2O4. The summed E-state index contributed by atoms with van der Waals surface area (Å²) >= 11 is 12.0. The maximum Gasteiger partial charge on any atom is 0.304 e. The quantitative estimate of drug-likeness (QED) is 0.859. The van der Waals surface area contributed by atoms with Gasteiger partial charge in [-0.05, 0) is 18.2 Å². The lowest BCUT2D eigenvalue weighted by molar-refractivity contribution is -0.137. The molecule has 0 bridgehead atoms. The number of carboxylic acids is 1. The standard InChI is InChI=1S/C17H14Cl2O4/c18-12-2-1-10(15(19)6-12)8-22-13-3-4-14-11(5-17(20)21)9-23-16(14)7-13/h1-4,6-7,11H,5,8-9H2,(H,20,21). The maximum absolute atomic E-state index is 10.8. The first-order valence-corrected chi connectivity index (χ1v) is 7.84. The van der Waals surface area contributed by atoms with E-state index in [0.717, 1.165) is 11.1 Å². The molecule has 0 aliphatic carbocycles. The van der Waals surface area contributed by atoms with Crippen molar-refractivity contribution in [3.05, 3.63) is 57.6 Å². The van der Waals surface area contributed by atoms with Gasteiger partial charge in [-0.2, -0.15) is 0 Å². The van der Waals surface area contributed by atoms with Crippen LogP contribution in [0.5, 0.6) is 11.5 Å². The minimum absolute atomic E-state index is 0.0631. The Labute approximate surface area is 143 Å². The first-order valence-electron chi connectivity index (χ1n) is 7.08. The molecule has 4 nitrogen and oxygen atoms in total. The van der Waals surface area contributed by atoms with E-state index in [-0.39, 0.29) is 12.3 Å². The van der Waals surface area contributed by atoms with E-state index in [4.69, 9.17) is 37.8 Å². The molecule has 1 N–H and O–H groups in total. The van der Waals surface area contributed by atoms with Crippen molar-refractivity contribution in [3.63, 3.8) is 0 Å². The lowest BCUT2D eigenvalue weighted by Gasteiger charge is -2.10. The summed E-state index contributed by atoms with van der Waals surface area (Å²) in [4.78, 5) is 10.8. The molecule has 1 aliphatic heterocycles. The van der Waals surface area contributed by atoms with Crippen LogP contribution in [0.3, 0.4) is 0 Å². The Hall–Kier alpha value is -1.91. The summed E-state index contributed by atoms with van der Waals surface area (Å²) in [5.74, 6) is 0.383. The summed E-state index contributed by atoms with van der Waals surface area (Å²) < 4.78 is 11.3. The van der Waals surface area contributed by atoms with E-state index in [1.807, 2.05) is 18.2 Å². The van der Waals surface area contributed by atoms with Crippen LogP contribution in [0.15, 0.2) is 36.4 Å². The van der Waals surface area contributed by atoms with Crippen molar-refractivity contribution < 1.29 is 19.4 Å². The van der Waals surface area contributed by atoms with Crippen LogP contribution in [0.4, 0.5) is 0 Å². The van der Waals surface area contributed by atoms with Crippen LogP contribution in [0, 0.1) is 0 Å². The Morgan fingerprint density at radius 3 is 2.83 bits per heavy atom. The van der Waals surface area contributed by atoms with Gasteiger partial charge in [0.1, 0.15) is 18.1 Å². The normalized spacial score (nSPS) is 15.8. The molecule has 3 rings (SSSR count). The second kappa shape index (κ2) is 6.69. The number of hydrogen-bond acceptors (Lipinski definition) is 3. The highest BCUT2D eigenvalue weighted by molar-refractivity contribution is 6.35. The van der Waals surface area contributed by atoms with E-state index >= 15 is 0 Å². The number of aliphatic carboxylic acids is 1. The third kappa shape index (κ3) is 3.71. The van der Waals surface area contributed by atoms with E-state index in [0.29, 0.717) is 34.8 Å². The van der Waals surface area contributed by atoms with Gasteiger partial charge in [0, 0.05) is 33.2 Å². The van der Waals surface area contributed by atoms with Crippen LogP contribution < -0.4 is 9.47 Å². The van der Waals surface area contributed by atoms with Gasteiger partial charge in [-0.3, -0.25) is 4.79 Å². The number of benzene rings is 2. The predicted molar refractivity (Wildman–Crippen MR) is 87.7 cm³/mol. The summed E-state index contributed by atoms with van der Waals surface area (Å²) in [5, 5.41) is 10.0. The topological polar surface area (TPSA) is 55.8 Å². The fourth-order valence-electron chi connectivity index (χ4n) is 2.53. The van der Waals surface area contributed by atoms with Gasteiger partial charge in [-0.1, -0.05) is 35.3 Å². The van der Waals surface area contributed by atoms with E-state index in [1.165, 1.54) is 0 Å². The molecule has 1 aliphatic rings. The van der Waals surface area contributed by atoms with Crippen LogP contribution in [-0.2, 0) is 11.4 Å². The predicted octanol–water partition coefficient (Wildman–Crippen LogP) is 4.52. The molecule has 1 unspecified atom stereocenters. The number of hydrogen-bond donors (Lipinski definition) is 1. The third-order valence-electron chi connectivity index (χ3n) is 3.70. The first kappa shape index (κ1) is 16.0. The van der Waals surface area contributed by atoms with Crippen molar-refractivity contribution in [2.24, 2.45) is 0 Å². The molecule has 2 aromatic rings. The largest absolute Gasteiger partial charge is 0.492 e. The van der Waals surface area contributed by atoms with Gasteiger partial charge >= 0.3 is 5.97 Å². The van der Waals surface area contributed by atoms with Gasteiger partial charge in [0.05, 0.1) is 13.0 Å². The van der Waals surface area contributed by atoms with E-state index in [2.05, 4.69) is 0 Å². The zero-order valence-corrected chi connectivity index (χ0v) is 13.6. The van der Waals surface area contributed by atoms with Crippen LogP contribution in [0.1, 0.15) is 23.5 Å². The molecule has 6 heteroatoms. The fourth-order valence-corrected chi connectivity index (χ4v) is 2.99. The molecule has 0 aromatic heterocycles. The first-order chi connectivity index (χ1) is 11.0. The lowest BCUT2D eigenvalue weighted by Crippen LogP contribution is -2.07. The summed E-state index contributed by atoms with van der Waals surface area (Å²) in [7, 11) is 0. The monoisotopic (exact) mass is 352 g/mol. The second-order valence-corrected chi connectivity index (χ2v) is 6.17. The molecule has 23 heavy (non-hydrogen) atoms. The number of ether oxygens (including phenoxy) is 2. The zero-order valence-electron chi connectivity index (χ0n) is 12.1. The Bertz CT molecular complexity index is 745.